The SMILES string of the molecule is CC1=[C-]CC=C1C.CC1=[C-]CC=C1C.Cl.[H-].[Hf]. The Kier molecular flexibility index (Phi) is 10.6. The van der Waals surface area contributed by atoms with Crippen LogP contribution in [0.1, 0.15) is 42.0 Å². The van der Waals surface area contributed by atoms with Crippen LogP contribution < -0.4 is 0 Å². The van der Waals surface area contributed by atoms with E-state index in [0.717, 1.165) is 12.8 Å². The van der Waals surface area contributed by atoms with E-state index < -0.39 is 0 Å². The Morgan fingerprint density at radius 3 is 1.25 bits per heavy atom. The summed E-state index contributed by atoms with van der Waals surface area (Å²) in [5, 5.41) is 0. The van der Waals surface area contributed by atoms with Gasteiger partial charge < -0.3 is 1.43 Å². The quantitative estimate of drug-likeness (QED) is 0.407. The van der Waals surface area contributed by atoms with Crippen LogP contribution in [0.15, 0.2) is 34.4 Å². The predicted octanol–water partition coefficient (Wildman–Crippen LogP) is 4.70. The van der Waals surface area contributed by atoms with Crippen molar-refractivity contribution < 1.29 is 27.3 Å². The van der Waals surface area contributed by atoms with Crippen LogP contribution in [-0.4, -0.2) is 0 Å². The first-order valence-electron chi connectivity index (χ1n) is 5.10. The zero-order valence-corrected chi connectivity index (χ0v) is 14.9. The summed E-state index contributed by atoms with van der Waals surface area (Å²) in [7, 11) is 0. The molecule has 0 radical (unpaired) electrons. The first-order valence-corrected chi connectivity index (χ1v) is 5.10. The molecule has 0 spiro atoms. The van der Waals surface area contributed by atoms with Gasteiger partial charge >= 0.3 is 0 Å². The molecule has 2 heteroatoms. The largest absolute Gasteiger partial charge is 1.00 e. The number of hydrogen-bond acceptors (Lipinski definition) is 0. The molecule has 0 aromatic heterocycles. The second kappa shape index (κ2) is 9.18. The van der Waals surface area contributed by atoms with E-state index in [2.05, 4.69) is 52.0 Å². The average Bonchev–Trinajstić information content (AvgIpc) is 2.67. The molecule has 0 amide bonds. The Morgan fingerprint density at radius 1 is 0.875 bits per heavy atom. The van der Waals surface area contributed by atoms with Crippen molar-refractivity contribution in [1.82, 2.24) is 0 Å². The van der Waals surface area contributed by atoms with Gasteiger partial charge in [-0.25, -0.2) is 22.3 Å². The van der Waals surface area contributed by atoms with E-state index in [1.807, 2.05) is 0 Å². The third kappa shape index (κ3) is 6.00. The molecular weight excluding hydrogens is 382 g/mol. The van der Waals surface area contributed by atoms with Crippen molar-refractivity contribution in [2.45, 2.75) is 40.5 Å². The fourth-order valence-electron chi connectivity index (χ4n) is 1.30. The smallest absolute Gasteiger partial charge is 0 e. The van der Waals surface area contributed by atoms with Crippen molar-refractivity contribution in [3.05, 3.63) is 46.6 Å². The molecule has 0 nitrogen and oxygen atoms in total. The van der Waals surface area contributed by atoms with Gasteiger partial charge in [-0.2, -0.15) is 12.2 Å². The van der Waals surface area contributed by atoms with E-state index in [1.165, 1.54) is 22.3 Å². The molecule has 2 rings (SSSR count). The maximum atomic E-state index is 3.19. The van der Waals surface area contributed by atoms with E-state index >= 15 is 0 Å². The Morgan fingerprint density at radius 2 is 1.19 bits per heavy atom. The number of hydrogen-bond donors (Lipinski definition) is 0. The second-order valence-electron chi connectivity index (χ2n) is 3.79. The van der Waals surface area contributed by atoms with Gasteiger partial charge in [0.2, 0.25) is 0 Å². The van der Waals surface area contributed by atoms with Crippen LogP contribution >= 0.6 is 12.4 Å². The molecule has 0 saturated heterocycles. The molecule has 0 N–H and O–H groups in total. The van der Waals surface area contributed by atoms with Crippen LogP contribution in [-0.2, 0) is 25.8 Å². The summed E-state index contributed by atoms with van der Waals surface area (Å²) >= 11 is 0. The molecule has 0 atom stereocenters. The van der Waals surface area contributed by atoms with Crippen molar-refractivity contribution in [3.63, 3.8) is 0 Å². The van der Waals surface area contributed by atoms with E-state index in [9.17, 15) is 0 Å². The van der Waals surface area contributed by atoms with Crippen LogP contribution in [0.4, 0.5) is 0 Å². The molecule has 16 heavy (non-hydrogen) atoms. The summed E-state index contributed by atoms with van der Waals surface area (Å²) in [6.07, 6.45) is 12.8. The molecule has 0 aromatic rings. The van der Waals surface area contributed by atoms with Gasteiger partial charge in [-0.05, 0) is 0 Å². The molecule has 0 unspecified atom stereocenters. The molecule has 0 fully saturated rings. The zero-order chi connectivity index (χ0) is 10.6. The summed E-state index contributed by atoms with van der Waals surface area (Å²) in [6.45, 7) is 8.43. The molecule has 2 aliphatic carbocycles. The van der Waals surface area contributed by atoms with Gasteiger partial charge in [-0.1, -0.05) is 13.8 Å². The number of rotatable bonds is 0. The molecular formula is C14H20ClHf-3. The Hall–Kier alpha value is 0.120. The van der Waals surface area contributed by atoms with Gasteiger partial charge in [0.25, 0.3) is 0 Å². The molecule has 2 aliphatic rings. The number of allylic oxidation sites excluding steroid dienone is 8. The summed E-state index contributed by atoms with van der Waals surface area (Å²) in [6, 6.07) is 0. The Bertz CT molecular complexity index is 272. The standard InChI is InChI=1S/2C7H9.ClH.Hf.H/c2*1-6-4-3-5-7(6)2;;;/h2*4H,3H2,1-2H3;1H;;/q2*-1;;;-1. The normalized spacial score (nSPS) is 16.8. The predicted molar refractivity (Wildman–Crippen MR) is 70.0 cm³/mol. The van der Waals surface area contributed by atoms with Gasteiger partial charge in [0.05, 0.1) is 0 Å². The maximum Gasteiger partial charge on any atom is 0 e. The fourth-order valence-corrected chi connectivity index (χ4v) is 1.30. The van der Waals surface area contributed by atoms with Crippen LogP contribution in [0.3, 0.4) is 0 Å². The first-order chi connectivity index (χ1) is 6.61. The minimum absolute atomic E-state index is 0. The second-order valence-corrected chi connectivity index (χ2v) is 3.79. The minimum Gasteiger partial charge on any atom is -1.00 e. The number of halogens is 1. The average molecular weight is 402 g/mol. The molecule has 0 aromatic carbocycles. The van der Waals surface area contributed by atoms with Crippen molar-refractivity contribution in [3.8, 4) is 0 Å². The zero-order valence-electron chi connectivity index (χ0n) is 11.5. The van der Waals surface area contributed by atoms with Gasteiger partial charge in [0.15, 0.2) is 0 Å². The van der Waals surface area contributed by atoms with Crippen molar-refractivity contribution in [2.75, 3.05) is 0 Å². The third-order valence-electron chi connectivity index (χ3n) is 2.73. The third-order valence-corrected chi connectivity index (χ3v) is 2.73. The molecule has 0 heterocycles. The van der Waals surface area contributed by atoms with Crippen molar-refractivity contribution in [1.29, 1.82) is 0 Å². The van der Waals surface area contributed by atoms with Crippen LogP contribution in [0.25, 0.3) is 0 Å². The van der Waals surface area contributed by atoms with Gasteiger partial charge in [0, 0.05) is 25.8 Å². The molecule has 0 bridgehead atoms. The van der Waals surface area contributed by atoms with Gasteiger partial charge in [-0.15, -0.1) is 39.1 Å². The van der Waals surface area contributed by atoms with Crippen LogP contribution in [0.5, 0.6) is 0 Å². The molecule has 0 saturated carbocycles. The monoisotopic (exact) mass is 403 g/mol. The van der Waals surface area contributed by atoms with Crippen molar-refractivity contribution in [2.24, 2.45) is 0 Å². The van der Waals surface area contributed by atoms with Crippen molar-refractivity contribution >= 4 is 12.4 Å². The van der Waals surface area contributed by atoms with E-state index in [4.69, 9.17) is 0 Å². The first kappa shape index (κ1) is 18.5. The molecule has 0 aliphatic heterocycles. The van der Waals surface area contributed by atoms with Crippen LogP contribution in [0, 0.1) is 12.2 Å². The van der Waals surface area contributed by atoms with E-state index in [-0.39, 0.29) is 39.7 Å². The Labute approximate surface area is 126 Å². The molecule has 90 valence electrons. The van der Waals surface area contributed by atoms with Gasteiger partial charge in [-0.3, -0.25) is 12.2 Å². The Balaban J connectivity index is -0.000000196. The van der Waals surface area contributed by atoms with Crippen LogP contribution in [0.2, 0.25) is 0 Å². The van der Waals surface area contributed by atoms with Gasteiger partial charge in [0.1, 0.15) is 0 Å². The topological polar surface area (TPSA) is 0 Å². The fraction of sp³-hybridized carbons (Fsp3) is 0.429. The summed E-state index contributed by atoms with van der Waals surface area (Å²) in [5.74, 6) is 0. The maximum absolute atomic E-state index is 3.19. The summed E-state index contributed by atoms with van der Waals surface area (Å²) in [5.41, 5.74) is 5.42. The summed E-state index contributed by atoms with van der Waals surface area (Å²) in [4.78, 5) is 0. The van der Waals surface area contributed by atoms with E-state index in [0.29, 0.717) is 0 Å². The van der Waals surface area contributed by atoms with E-state index in [1.54, 1.807) is 0 Å². The summed E-state index contributed by atoms with van der Waals surface area (Å²) < 4.78 is 0. The minimum atomic E-state index is 0.